The van der Waals surface area contributed by atoms with Gasteiger partial charge in [-0.2, -0.15) is 0 Å². The zero-order chi connectivity index (χ0) is 18.9. The highest BCUT2D eigenvalue weighted by Gasteiger charge is 2.15. The number of aryl methyl sites for hydroxylation is 1. The molecule has 1 aliphatic rings. The lowest BCUT2D eigenvalue weighted by atomic mass is 10.1. The fourth-order valence-electron chi connectivity index (χ4n) is 3.15. The van der Waals surface area contributed by atoms with Crippen LogP contribution in [-0.2, 0) is 17.7 Å². The van der Waals surface area contributed by atoms with Crippen molar-refractivity contribution in [3.8, 4) is 5.75 Å². The van der Waals surface area contributed by atoms with E-state index in [0.717, 1.165) is 62.0 Å². The number of guanidine groups is 1. The van der Waals surface area contributed by atoms with Crippen molar-refractivity contribution in [3.05, 3.63) is 53.5 Å². The van der Waals surface area contributed by atoms with E-state index in [-0.39, 0.29) is 6.10 Å². The van der Waals surface area contributed by atoms with Crippen molar-refractivity contribution in [2.45, 2.75) is 38.8 Å². The first-order valence-corrected chi connectivity index (χ1v) is 9.53. The molecule has 0 amide bonds. The third-order valence-electron chi connectivity index (χ3n) is 4.53. The summed E-state index contributed by atoms with van der Waals surface area (Å²) in [4.78, 5) is 4.74. The Kier molecular flexibility index (Phi) is 7.16. The molecular formula is C21H29N3O3. The maximum Gasteiger partial charge on any atom is 0.191 e. The zero-order valence-corrected chi connectivity index (χ0v) is 16.2. The topological polar surface area (TPSA) is 68.0 Å². The van der Waals surface area contributed by atoms with Crippen LogP contribution in [0.4, 0.5) is 0 Å². The number of hydrogen-bond acceptors (Lipinski definition) is 4. The maximum atomic E-state index is 5.70. The van der Waals surface area contributed by atoms with Crippen molar-refractivity contribution in [3.63, 3.8) is 0 Å². The van der Waals surface area contributed by atoms with Crippen LogP contribution in [0.25, 0.3) is 0 Å². The van der Waals surface area contributed by atoms with Gasteiger partial charge in [0.25, 0.3) is 0 Å². The molecule has 0 aliphatic carbocycles. The first-order valence-electron chi connectivity index (χ1n) is 9.53. The molecule has 146 valence electrons. The van der Waals surface area contributed by atoms with Crippen molar-refractivity contribution in [1.29, 1.82) is 0 Å². The minimum absolute atomic E-state index is 0.265. The molecule has 6 heteroatoms. The molecule has 6 nitrogen and oxygen atoms in total. The van der Waals surface area contributed by atoms with Crippen LogP contribution in [-0.4, -0.2) is 38.9 Å². The Morgan fingerprint density at radius 2 is 2.22 bits per heavy atom. The first-order chi connectivity index (χ1) is 13.2. The summed E-state index contributed by atoms with van der Waals surface area (Å²) >= 11 is 0. The minimum Gasteiger partial charge on any atom is -0.497 e. The molecule has 0 radical (unpaired) electrons. The Hall–Kier alpha value is -2.47. The van der Waals surface area contributed by atoms with Gasteiger partial charge in [0.15, 0.2) is 5.96 Å². The zero-order valence-electron chi connectivity index (χ0n) is 16.2. The van der Waals surface area contributed by atoms with Gasteiger partial charge in [-0.1, -0.05) is 6.07 Å². The molecule has 0 spiro atoms. The third-order valence-corrected chi connectivity index (χ3v) is 4.53. The smallest absolute Gasteiger partial charge is 0.191 e. The van der Waals surface area contributed by atoms with Crippen LogP contribution in [0.3, 0.4) is 0 Å². The van der Waals surface area contributed by atoms with E-state index in [1.54, 1.807) is 13.4 Å². The Labute approximate surface area is 161 Å². The number of benzene rings is 1. The van der Waals surface area contributed by atoms with Gasteiger partial charge in [-0.15, -0.1) is 0 Å². The molecule has 1 aromatic heterocycles. The van der Waals surface area contributed by atoms with E-state index in [9.17, 15) is 0 Å². The number of hydrogen-bond donors (Lipinski definition) is 2. The lowest BCUT2D eigenvalue weighted by Crippen LogP contribution is -2.41. The second kappa shape index (κ2) is 10.0. The fourth-order valence-corrected chi connectivity index (χ4v) is 3.15. The van der Waals surface area contributed by atoms with Gasteiger partial charge in [-0.05, 0) is 55.2 Å². The van der Waals surface area contributed by atoms with Crippen molar-refractivity contribution in [2.75, 3.05) is 26.8 Å². The molecule has 3 rings (SSSR count). The van der Waals surface area contributed by atoms with E-state index in [4.69, 9.17) is 18.9 Å². The summed E-state index contributed by atoms with van der Waals surface area (Å²) < 4.78 is 16.4. The molecule has 1 fully saturated rings. The highest BCUT2D eigenvalue weighted by Crippen LogP contribution is 2.17. The average Bonchev–Trinajstić information content (AvgIpc) is 3.37. The van der Waals surface area contributed by atoms with Crippen molar-refractivity contribution in [2.24, 2.45) is 4.99 Å². The number of rotatable bonds is 8. The molecule has 2 heterocycles. The summed E-state index contributed by atoms with van der Waals surface area (Å²) in [5, 5.41) is 6.79. The van der Waals surface area contributed by atoms with Gasteiger partial charge in [-0.25, -0.2) is 4.99 Å². The van der Waals surface area contributed by atoms with Crippen LogP contribution in [0, 0.1) is 6.92 Å². The van der Waals surface area contributed by atoms with Gasteiger partial charge in [-0.3, -0.25) is 0 Å². The second-order valence-corrected chi connectivity index (χ2v) is 6.80. The normalized spacial score (nSPS) is 17.1. The standard InChI is InChI=1S/C21H29N3O3/c1-16-11-17(13-20(12-16)25-2)14-23-21(24-15-19-6-4-10-27-19)22-8-7-18-5-3-9-26-18/h3,5,9,11-13,19H,4,6-8,10,14-15H2,1-2H3,(H2,22,23,24). The van der Waals surface area contributed by atoms with Crippen molar-refractivity contribution in [1.82, 2.24) is 10.6 Å². The van der Waals surface area contributed by atoms with E-state index in [0.29, 0.717) is 6.54 Å². The van der Waals surface area contributed by atoms with E-state index in [1.165, 1.54) is 5.56 Å². The molecule has 0 saturated carbocycles. The minimum atomic E-state index is 0.265. The Balaban J connectivity index is 1.59. The molecule has 27 heavy (non-hydrogen) atoms. The first kappa shape index (κ1) is 19.3. The molecule has 1 unspecified atom stereocenters. The highest BCUT2D eigenvalue weighted by molar-refractivity contribution is 5.79. The van der Waals surface area contributed by atoms with Crippen LogP contribution in [0.1, 0.15) is 29.7 Å². The number of methoxy groups -OCH3 is 1. The van der Waals surface area contributed by atoms with Crippen LogP contribution in [0.5, 0.6) is 5.75 Å². The number of ether oxygens (including phenoxy) is 2. The molecule has 0 bridgehead atoms. The Morgan fingerprint density at radius 3 is 2.96 bits per heavy atom. The third kappa shape index (κ3) is 6.32. The van der Waals surface area contributed by atoms with Crippen molar-refractivity contribution < 1.29 is 13.9 Å². The van der Waals surface area contributed by atoms with Crippen molar-refractivity contribution >= 4 is 5.96 Å². The van der Waals surface area contributed by atoms with Crippen LogP contribution in [0.15, 0.2) is 46.0 Å². The molecule has 1 aliphatic heterocycles. The number of aliphatic imine (C=N–C) groups is 1. The van der Waals surface area contributed by atoms with Crippen LogP contribution in [0.2, 0.25) is 0 Å². The fraction of sp³-hybridized carbons (Fsp3) is 0.476. The molecule has 2 N–H and O–H groups in total. The SMILES string of the molecule is COc1cc(C)cc(CN=C(NCCc2ccco2)NCC2CCCO2)c1. The van der Waals surface area contributed by atoms with E-state index in [2.05, 4.69) is 23.6 Å². The Morgan fingerprint density at radius 1 is 1.30 bits per heavy atom. The summed E-state index contributed by atoms with van der Waals surface area (Å²) in [5.74, 6) is 2.61. The van der Waals surface area contributed by atoms with Gasteiger partial charge >= 0.3 is 0 Å². The van der Waals surface area contributed by atoms with Gasteiger partial charge in [0.05, 0.1) is 26.0 Å². The number of nitrogens with one attached hydrogen (secondary N) is 2. The van der Waals surface area contributed by atoms with E-state index in [1.807, 2.05) is 24.3 Å². The second-order valence-electron chi connectivity index (χ2n) is 6.80. The number of furan rings is 1. The summed E-state index contributed by atoms with van der Waals surface area (Å²) in [6.45, 7) is 5.02. The summed E-state index contributed by atoms with van der Waals surface area (Å²) in [6.07, 6.45) is 5.01. The van der Waals surface area contributed by atoms with Gasteiger partial charge in [0, 0.05) is 26.1 Å². The summed E-state index contributed by atoms with van der Waals surface area (Å²) in [7, 11) is 1.69. The molecular weight excluding hydrogens is 342 g/mol. The van der Waals surface area contributed by atoms with Gasteiger partial charge in [0.1, 0.15) is 11.5 Å². The highest BCUT2D eigenvalue weighted by atomic mass is 16.5. The van der Waals surface area contributed by atoms with Crippen LogP contribution < -0.4 is 15.4 Å². The maximum absolute atomic E-state index is 5.70. The van der Waals surface area contributed by atoms with Gasteiger partial charge in [0.2, 0.25) is 0 Å². The summed E-state index contributed by atoms with van der Waals surface area (Å²) in [5.41, 5.74) is 2.29. The van der Waals surface area contributed by atoms with Crippen LogP contribution >= 0.6 is 0 Å². The van der Waals surface area contributed by atoms with E-state index < -0.39 is 0 Å². The molecule has 1 atom stereocenters. The predicted octanol–water partition coefficient (Wildman–Crippen LogP) is 3.05. The van der Waals surface area contributed by atoms with Gasteiger partial charge < -0.3 is 24.5 Å². The largest absolute Gasteiger partial charge is 0.497 e. The lowest BCUT2D eigenvalue weighted by molar-refractivity contribution is 0.114. The average molecular weight is 371 g/mol. The van der Waals surface area contributed by atoms with E-state index >= 15 is 0 Å². The quantitative estimate of drug-likeness (QED) is 0.551. The Bertz CT molecular complexity index is 722. The monoisotopic (exact) mass is 371 g/mol. The molecule has 2 aromatic rings. The predicted molar refractivity (Wildman–Crippen MR) is 106 cm³/mol. The number of nitrogens with zero attached hydrogens (tertiary/aromatic N) is 1. The summed E-state index contributed by atoms with van der Waals surface area (Å²) in [6, 6.07) is 10.1. The molecule has 1 aromatic carbocycles. The molecule has 1 saturated heterocycles. The lowest BCUT2D eigenvalue weighted by Gasteiger charge is -2.15.